The zero-order chi connectivity index (χ0) is 45.7. The van der Waals surface area contributed by atoms with E-state index in [0.29, 0.717) is 11.5 Å². The summed E-state index contributed by atoms with van der Waals surface area (Å²) < 4.78 is 25.0. The van der Waals surface area contributed by atoms with E-state index in [1.54, 1.807) is 0 Å². The fourth-order valence-electron chi connectivity index (χ4n) is 10.8. The molecule has 2 saturated carbocycles. The van der Waals surface area contributed by atoms with Gasteiger partial charge in [0.15, 0.2) is 13.2 Å². The molecule has 3 aromatic rings. The third kappa shape index (κ3) is 19.5. The molecule has 0 unspecified atom stereocenters. The van der Waals surface area contributed by atoms with Gasteiger partial charge in [0.1, 0.15) is 23.7 Å². The minimum Gasteiger partial charge on any atom is -0.481 e. The van der Waals surface area contributed by atoms with Crippen LogP contribution in [0.2, 0.25) is 0 Å². The molecule has 0 radical (unpaired) electrons. The number of esters is 2. The molecule has 0 spiro atoms. The van der Waals surface area contributed by atoms with Crippen molar-refractivity contribution in [3.05, 3.63) is 48.0 Å². The van der Waals surface area contributed by atoms with Gasteiger partial charge in [0.05, 0.1) is 0 Å². The maximum absolute atomic E-state index is 13.4. The van der Waals surface area contributed by atoms with Crippen LogP contribution in [-0.2, 0) is 25.5 Å². The molecule has 0 heterocycles. The second kappa shape index (κ2) is 31.6. The van der Waals surface area contributed by atoms with Gasteiger partial charge in [0.2, 0.25) is 0 Å². The van der Waals surface area contributed by atoms with E-state index in [4.69, 9.17) is 18.9 Å². The molecule has 6 nitrogen and oxygen atoms in total. The predicted octanol–water partition coefficient (Wildman–Crippen LogP) is 17.3. The van der Waals surface area contributed by atoms with E-state index in [1.807, 2.05) is 24.3 Å². The maximum Gasteiger partial charge on any atom is 0.344 e. The Hall–Kier alpha value is -3.28. The molecule has 5 rings (SSSR count). The topological polar surface area (TPSA) is 71.1 Å². The van der Waals surface area contributed by atoms with Gasteiger partial charge in [-0.15, -0.1) is 0 Å². The highest BCUT2D eigenvalue weighted by Gasteiger charge is 2.26. The molecule has 3 aromatic carbocycles. The summed E-state index contributed by atoms with van der Waals surface area (Å²) >= 11 is 0. The Morgan fingerprint density at radius 2 is 0.800 bits per heavy atom. The van der Waals surface area contributed by atoms with Gasteiger partial charge in [0, 0.05) is 21.5 Å². The van der Waals surface area contributed by atoms with Gasteiger partial charge >= 0.3 is 11.9 Å². The van der Waals surface area contributed by atoms with E-state index in [-0.39, 0.29) is 37.4 Å². The number of carbonyl (C=O) groups excluding carboxylic acids is 2. The second-order valence-corrected chi connectivity index (χ2v) is 20.3. The first kappa shape index (κ1) is 52.7. The number of rotatable bonds is 34. The molecule has 0 bridgehead atoms. The minimum absolute atomic E-state index is 0.0332. The highest BCUT2D eigenvalue weighted by molar-refractivity contribution is 6.11. The lowest BCUT2D eigenvalue weighted by atomic mass is 9.84. The average Bonchev–Trinajstić information content (AvgIpc) is 3.32. The van der Waals surface area contributed by atoms with E-state index in [1.165, 1.54) is 153 Å². The number of ether oxygens (including phenoxy) is 4. The number of hydrogen-bond donors (Lipinski definition) is 0. The molecule has 0 saturated heterocycles. The molecule has 0 aromatic heterocycles. The summed E-state index contributed by atoms with van der Waals surface area (Å²) in [6.45, 7) is 6.50. The Bertz CT molecular complexity index is 1750. The lowest BCUT2D eigenvalue weighted by Gasteiger charge is -2.28. The van der Waals surface area contributed by atoms with Gasteiger partial charge in [0.25, 0.3) is 0 Å². The summed E-state index contributed by atoms with van der Waals surface area (Å²) in [7, 11) is 0. The largest absolute Gasteiger partial charge is 0.481 e. The van der Waals surface area contributed by atoms with Crippen LogP contribution in [0.4, 0.5) is 0 Å². The van der Waals surface area contributed by atoms with E-state index in [9.17, 15) is 9.59 Å². The molecule has 2 aliphatic rings. The highest BCUT2D eigenvalue weighted by atomic mass is 16.6. The van der Waals surface area contributed by atoms with Gasteiger partial charge in [-0.3, -0.25) is 0 Å². The molecule has 364 valence electrons. The van der Waals surface area contributed by atoms with E-state index in [0.717, 1.165) is 104 Å². The molecule has 6 heteroatoms. The van der Waals surface area contributed by atoms with Crippen molar-refractivity contribution >= 4 is 33.5 Å². The van der Waals surface area contributed by atoms with Crippen molar-refractivity contribution in [3.63, 3.8) is 0 Å². The Kier molecular flexibility index (Phi) is 25.7. The zero-order valence-electron chi connectivity index (χ0n) is 41.8. The van der Waals surface area contributed by atoms with Crippen LogP contribution in [0, 0.1) is 11.8 Å². The minimum atomic E-state index is -0.313. The summed E-state index contributed by atoms with van der Waals surface area (Å²) in [6.07, 6.45) is 42.8. The molecule has 65 heavy (non-hydrogen) atoms. The molecule has 0 N–H and O–H groups in total. The summed E-state index contributed by atoms with van der Waals surface area (Å²) in [6, 6.07) is 14.5. The van der Waals surface area contributed by atoms with Crippen LogP contribution in [0.1, 0.15) is 238 Å². The van der Waals surface area contributed by atoms with Crippen molar-refractivity contribution in [3.8, 4) is 11.5 Å². The van der Waals surface area contributed by atoms with Gasteiger partial charge in [-0.1, -0.05) is 211 Å². The first-order valence-electron chi connectivity index (χ1n) is 27.6. The van der Waals surface area contributed by atoms with Crippen LogP contribution in [0.5, 0.6) is 11.5 Å². The quantitative estimate of drug-likeness (QED) is 0.0338. The van der Waals surface area contributed by atoms with Crippen molar-refractivity contribution in [2.45, 2.75) is 251 Å². The number of hydrogen-bond acceptors (Lipinski definition) is 6. The summed E-state index contributed by atoms with van der Waals surface area (Å²) in [5.74, 6) is 2.20. The van der Waals surface area contributed by atoms with Crippen molar-refractivity contribution in [2.24, 2.45) is 11.8 Å². The van der Waals surface area contributed by atoms with Crippen molar-refractivity contribution in [1.82, 2.24) is 0 Å². The second-order valence-electron chi connectivity index (χ2n) is 20.3. The summed E-state index contributed by atoms with van der Waals surface area (Å²) in [5, 5.41) is 3.47. The van der Waals surface area contributed by atoms with Gasteiger partial charge in [-0.2, -0.15) is 0 Å². The third-order valence-corrected chi connectivity index (χ3v) is 14.8. The fraction of sp³-hybridized carbons (Fsp3) is 0.729. The van der Waals surface area contributed by atoms with Gasteiger partial charge < -0.3 is 18.9 Å². The first-order chi connectivity index (χ1) is 32.0. The number of carbonyl (C=O) groups is 2. The van der Waals surface area contributed by atoms with Crippen LogP contribution in [0.15, 0.2) is 42.5 Å². The van der Waals surface area contributed by atoms with Crippen LogP contribution < -0.4 is 9.47 Å². The van der Waals surface area contributed by atoms with Gasteiger partial charge in [-0.05, 0) is 87.7 Å². The molecular weight excluding hydrogens is 805 g/mol. The van der Waals surface area contributed by atoms with Crippen LogP contribution in [-0.4, -0.2) is 37.4 Å². The lowest BCUT2D eigenvalue weighted by molar-refractivity contribution is -0.154. The highest BCUT2D eigenvalue weighted by Crippen LogP contribution is 2.43. The third-order valence-electron chi connectivity index (χ3n) is 14.8. The molecular formula is C59H92O6. The lowest BCUT2D eigenvalue weighted by Crippen LogP contribution is -2.27. The summed E-state index contributed by atoms with van der Waals surface area (Å²) in [4.78, 5) is 26.7. The molecule has 0 aliphatic heterocycles. The average molecular weight is 897 g/mol. The standard InChI is InChI=1S/C59H92O6/c1-4-7-10-12-14-16-18-20-22-25-29-47-34-39-50(40-35-47)64-56(60)45-62-58-52-32-27-28-33-53(52)59(55-44-49(31-24-9-6-3)38-43-54(55)58)63-46-57(61)65-51-41-36-48(37-42-51)30-26-23-21-19-17-15-13-11-8-5-2/h27-28,32-33,38,43-44,47-48,50-51H,4-26,29-31,34-37,39-42,45-46H2,1-3H3. The van der Waals surface area contributed by atoms with Crippen molar-refractivity contribution < 1.29 is 28.5 Å². The van der Waals surface area contributed by atoms with Crippen LogP contribution in [0.25, 0.3) is 21.5 Å². The predicted molar refractivity (Wildman–Crippen MR) is 272 cm³/mol. The van der Waals surface area contributed by atoms with Gasteiger partial charge in [-0.25, -0.2) is 9.59 Å². The Morgan fingerprint density at radius 1 is 0.431 bits per heavy atom. The molecule has 0 amide bonds. The smallest absolute Gasteiger partial charge is 0.344 e. The zero-order valence-corrected chi connectivity index (χ0v) is 41.8. The number of benzene rings is 3. The number of aryl methyl sites for hydroxylation is 1. The SMILES string of the molecule is CCCCCCCCCCCCC1CCC(OC(=O)COc2c3ccccc3c(OCC(=O)OC3CCC(CCCCCCCCCCCC)CC3)c3cc(CCCCC)ccc23)CC1. The fourth-order valence-corrected chi connectivity index (χ4v) is 10.8. The van der Waals surface area contributed by atoms with Crippen molar-refractivity contribution in [1.29, 1.82) is 0 Å². The Balaban J connectivity index is 1.09. The summed E-state index contributed by atoms with van der Waals surface area (Å²) in [5.41, 5.74) is 1.22. The first-order valence-corrected chi connectivity index (χ1v) is 27.6. The Morgan fingerprint density at radius 3 is 1.23 bits per heavy atom. The van der Waals surface area contributed by atoms with E-state index >= 15 is 0 Å². The van der Waals surface area contributed by atoms with Crippen LogP contribution >= 0.6 is 0 Å². The number of unbranched alkanes of at least 4 members (excludes halogenated alkanes) is 20. The Labute approximate surface area is 396 Å². The molecule has 2 aliphatic carbocycles. The molecule has 0 atom stereocenters. The van der Waals surface area contributed by atoms with Crippen molar-refractivity contribution in [2.75, 3.05) is 13.2 Å². The monoisotopic (exact) mass is 897 g/mol. The maximum atomic E-state index is 13.4. The number of fused-ring (bicyclic) bond motifs is 2. The normalized spacial score (nSPS) is 18.8. The van der Waals surface area contributed by atoms with Crippen LogP contribution in [0.3, 0.4) is 0 Å². The van der Waals surface area contributed by atoms with E-state index < -0.39 is 0 Å². The molecule has 2 fully saturated rings. The van der Waals surface area contributed by atoms with E-state index in [2.05, 4.69) is 39.0 Å².